The number of benzene rings is 2. The third-order valence-electron chi connectivity index (χ3n) is 3.07. The molecule has 2 aromatic rings. The summed E-state index contributed by atoms with van der Waals surface area (Å²) in [6, 6.07) is 12.1. The highest BCUT2D eigenvalue weighted by atomic mass is 16.5. The summed E-state index contributed by atoms with van der Waals surface area (Å²) in [5, 5.41) is 9.01. The van der Waals surface area contributed by atoms with Crippen LogP contribution in [0.15, 0.2) is 60.7 Å². The summed E-state index contributed by atoms with van der Waals surface area (Å²) < 4.78 is 9.94. The average molecular weight is 326 g/mol. The van der Waals surface area contributed by atoms with Gasteiger partial charge in [0.2, 0.25) is 0 Å². The Morgan fingerprint density at radius 1 is 0.958 bits per heavy atom. The zero-order chi connectivity index (χ0) is 17.5. The molecule has 0 aliphatic rings. The lowest BCUT2D eigenvalue weighted by molar-refractivity contribution is -0.129. The Kier molecular flexibility index (Phi) is 5.46. The van der Waals surface area contributed by atoms with Gasteiger partial charge in [-0.25, -0.2) is 9.59 Å². The zero-order valence-electron chi connectivity index (χ0n) is 12.8. The molecule has 2 aromatic carbocycles. The van der Waals surface area contributed by atoms with Gasteiger partial charge in [-0.1, -0.05) is 12.1 Å². The number of methoxy groups -OCH3 is 1. The van der Waals surface area contributed by atoms with Crippen molar-refractivity contribution >= 4 is 17.7 Å². The minimum Gasteiger partial charge on any atom is -0.497 e. The fraction of sp³-hybridized carbons (Fsp3) is 0.0556. The lowest BCUT2D eigenvalue weighted by Crippen LogP contribution is -2.09. The van der Waals surface area contributed by atoms with Crippen molar-refractivity contribution in [2.75, 3.05) is 7.11 Å². The van der Waals surface area contributed by atoms with Crippen LogP contribution >= 0.6 is 0 Å². The van der Waals surface area contributed by atoms with Crippen molar-refractivity contribution in [1.82, 2.24) is 0 Å². The van der Waals surface area contributed by atoms with Gasteiger partial charge in [0, 0.05) is 11.6 Å². The number of aromatic carboxylic acids is 1. The van der Waals surface area contributed by atoms with E-state index >= 15 is 0 Å². The summed E-state index contributed by atoms with van der Waals surface area (Å²) in [5.41, 5.74) is 0.242. The molecule has 0 bridgehead atoms. The molecule has 6 nitrogen and oxygen atoms in total. The third-order valence-corrected chi connectivity index (χ3v) is 3.07. The molecule has 24 heavy (non-hydrogen) atoms. The van der Waals surface area contributed by atoms with Crippen LogP contribution in [-0.2, 0) is 4.79 Å². The van der Waals surface area contributed by atoms with Crippen LogP contribution in [0.5, 0.6) is 11.5 Å². The molecule has 0 aliphatic heterocycles. The predicted molar refractivity (Wildman–Crippen MR) is 85.5 cm³/mol. The molecule has 1 N–H and O–H groups in total. The summed E-state index contributed by atoms with van der Waals surface area (Å²) in [5.74, 6) is -1.92. The highest BCUT2D eigenvalue weighted by Crippen LogP contribution is 2.18. The van der Waals surface area contributed by atoms with Crippen LogP contribution in [0.4, 0.5) is 0 Å². The summed E-state index contributed by atoms with van der Waals surface area (Å²) >= 11 is 0. The standard InChI is InChI=1S/C18H14O6/c1-23-13-8-6-12(7-9-13)15(19)10-11-17(20)24-16-5-3-2-4-14(16)18(21)22/h2-11H,1H3,(H,21,22)/b11-10+. The Bertz CT molecular complexity index is 789. The Morgan fingerprint density at radius 3 is 2.25 bits per heavy atom. The number of para-hydroxylation sites is 1. The fourth-order valence-electron chi connectivity index (χ4n) is 1.87. The van der Waals surface area contributed by atoms with E-state index in [9.17, 15) is 14.4 Å². The molecule has 0 fully saturated rings. The monoisotopic (exact) mass is 326 g/mol. The van der Waals surface area contributed by atoms with Gasteiger partial charge in [-0.3, -0.25) is 4.79 Å². The number of hydrogen-bond acceptors (Lipinski definition) is 5. The van der Waals surface area contributed by atoms with Crippen molar-refractivity contribution in [2.24, 2.45) is 0 Å². The number of allylic oxidation sites excluding steroid dienone is 1. The first-order chi connectivity index (χ1) is 11.5. The van der Waals surface area contributed by atoms with Crippen LogP contribution in [0.1, 0.15) is 20.7 Å². The SMILES string of the molecule is COc1ccc(C(=O)/C=C/C(=O)Oc2ccccc2C(=O)O)cc1. The summed E-state index contributed by atoms with van der Waals surface area (Å²) in [6.45, 7) is 0. The van der Waals surface area contributed by atoms with E-state index in [2.05, 4.69) is 0 Å². The summed E-state index contributed by atoms with van der Waals surface area (Å²) in [7, 11) is 1.52. The van der Waals surface area contributed by atoms with Crippen LogP contribution in [0, 0.1) is 0 Å². The van der Waals surface area contributed by atoms with Crippen molar-refractivity contribution in [1.29, 1.82) is 0 Å². The highest BCUT2D eigenvalue weighted by molar-refractivity contribution is 6.07. The van der Waals surface area contributed by atoms with Crippen molar-refractivity contribution < 1.29 is 29.0 Å². The van der Waals surface area contributed by atoms with Crippen molar-refractivity contribution in [3.05, 3.63) is 71.8 Å². The maximum Gasteiger partial charge on any atom is 0.339 e. The Balaban J connectivity index is 2.05. The van der Waals surface area contributed by atoms with E-state index in [4.69, 9.17) is 14.6 Å². The van der Waals surface area contributed by atoms with E-state index in [1.807, 2.05) is 0 Å². The van der Waals surface area contributed by atoms with Crippen LogP contribution in [0.2, 0.25) is 0 Å². The maximum absolute atomic E-state index is 11.9. The van der Waals surface area contributed by atoms with Gasteiger partial charge in [0.05, 0.1) is 7.11 Å². The Hall–Kier alpha value is -3.41. The molecule has 0 saturated heterocycles. The molecule has 0 aliphatic carbocycles. The summed E-state index contributed by atoms with van der Waals surface area (Å²) in [4.78, 5) is 34.7. The van der Waals surface area contributed by atoms with Gasteiger partial charge in [0.25, 0.3) is 0 Å². The topological polar surface area (TPSA) is 89.9 Å². The fourth-order valence-corrected chi connectivity index (χ4v) is 1.87. The average Bonchev–Trinajstić information content (AvgIpc) is 2.60. The number of ketones is 1. The number of esters is 1. The third kappa shape index (κ3) is 4.30. The number of carboxylic acid groups (broad SMARTS) is 1. The molecular weight excluding hydrogens is 312 g/mol. The van der Waals surface area contributed by atoms with E-state index in [0.717, 1.165) is 12.2 Å². The second kappa shape index (κ2) is 7.73. The second-order valence-corrected chi connectivity index (χ2v) is 4.65. The number of carbonyl (C=O) groups is 3. The molecule has 0 radical (unpaired) electrons. The summed E-state index contributed by atoms with van der Waals surface area (Å²) in [6.07, 6.45) is 2.01. The van der Waals surface area contributed by atoms with Gasteiger partial charge >= 0.3 is 11.9 Å². The largest absolute Gasteiger partial charge is 0.497 e. The Labute approximate surface area is 137 Å². The normalized spacial score (nSPS) is 10.4. The van der Waals surface area contributed by atoms with E-state index < -0.39 is 11.9 Å². The van der Waals surface area contributed by atoms with Crippen LogP contribution in [0.3, 0.4) is 0 Å². The highest BCUT2D eigenvalue weighted by Gasteiger charge is 2.12. The molecule has 0 unspecified atom stereocenters. The number of ether oxygens (including phenoxy) is 2. The molecule has 2 rings (SSSR count). The quantitative estimate of drug-likeness (QED) is 0.380. The molecule has 0 aromatic heterocycles. The van der Waals surface area contributed by atoms with E-state index in [-0.39, 0.29) is 17.1 Å². The van der Waals surface area contributed by atoms with E-state index in [0.29, 0.717) is 11.3 Å². The van der Waals surface area contributed by atoms with Gasteiger partial charge in [0.1, 0.15) is 17.1 Å². The van der Waals surface area contributed by atoms with Gasteiger partial charge in [-0.05, 0) is 42.5 Å². The van der Waals surface area contributed by atoms with Gasteiger partial charge in [-0.15, -0.1) is 0 Å². The number of carbonyl (C=O) groups excluding carboxylic acids is 2. The first-order valence-corrected chi connectivity index (χ1v) is 6.92. The number of hydrogen-bond donors (Lipinski definition) is 1. The lowest BCUT2D eigenvalue weighted by atomic mass is 10.1. The smallest absolute Gasteiger partial charge is 0.339 e. The van der Waals surface area contributed by atoms with E-state index in [1.54, 1.807) is 30.3 Å². The van der Waals surface area contributed by atoms with Crippen LogP contribution in [0.25, 0.3) is 0 Å². The molecule has 6 heteroatoms. The molecule has 0 amide bonds. The zero-order valence-corrected chi connectivity index (χ0v) is 12.8. The molecule has 0 spiro atoms. The second-order valence-electron chi connectivity index (χ2n) is 4.65. The minimum absolute atomic E-state index is 0.0865. The number of carboxylic acids is 1. The first-order valence-electron chi connectivity index (χ1n) is 6.92. The molecule has 0 atom stereocenters. The predicted octanol–water partition coefficient (Wildman–Crippen LogP) is 2.74. The number of rotatable bonds is 6. The lowest BCUT2D eigenvalue weighted by Gasteiger charge is -2.04. The Morgan fingerprint density at radius 2 is 1.62 bits per heavy atom. The van der Waals surface area contributed by atoms with Crippen molar-refractivity contribution in [2.45, 2.75) is 0 Å². The van der Waals surface area contributed by atoms with Gasteiger partial charge in [0.15, 0.2) is 5.78 Å². The van der Waals surface area contributed by atoms with Gasteiger partial charge < -0.3 is 14.6 Å². The van der Waals surface area contributed by atoms with Crippen LogP contribution in [-0.4, -0.2) is 29.9 Å². The molecule has 0 heterocycles. The molecule has 0 saturated carbocycles. The van der Waals surface area contributed by atoms with Crippen molar-refractivity contribution in [3.63, 3.8) is 0 Å². The van der Waals surface area contributed by atoms with Crippen molar-refractivity contribution in [3.8, 4) is 11.5 Å². The molecule has 122 valence electrons. The first kappa shape index (κ1) is 17.0. The molecular formula is C18H14O6. The van der Waals surface area contributed by atoms with E-state index in [1.165, 1.54) is 25.3 Å². The minimum atomic E-state index is -1.21. The maximum atomic E-state index is 11.9. The van der Waals surface area contributed by atoms with Crippen LogP contribution < -0.4 is 9.47 Å². The van der Waals surface area contributed by atoms with Gasteiger partial charge in [-0.2, -0.15) is 0 Å².